The number of aliphatic carboxylic acids is 1. The van der Waals surface area contributed by atoms with Gasteiger partial charge in [-0.05, 0) is 12.8 Å². The predicted molar refractivity (Wildman–Crippen MR) is 56.5 cm³/mol. The van der Waals surface area contributed by atoms with E-state index in [0.717, 1.165) is 0 Å². The number of carbonyl (C=O) groups excluding carboxylic acids is 2. The standard InChI is InChI=1S/C9H17N3O4/c1-6(13)11-4-2-3-7(10)9(16)12-5-8(14)15/h7H,2-5,10H2,1H3,(H,11,13)(H,12,16)(H,14,15)/t7-/m0/s1. The van der Waals surface area contributed by atoms with Crippen LogP contribution in [0.15, 0.2) is 0 Å². The van der Waals surface area contributed by atoms with Gasteiger partial charge >= 0.3 is 5.97 Å². The molecule has 5 N–H and O–H groups in total. The Kier molecular flexibility index (Phi) is 6.86. The molecule has 0 aliphatic carbocycles. The predicted octanol–water partition coefficient (Wildman–Crippen LogP) is -1.57. The summed E-state index contributed by atoms with van der Waals surface area (Å²) in [6, 6.07) is -0.742. The first-order chi connectivity index (χ1) is 7.43. The van der Waals surface area contributed by atoms with Crippen molar-refractivity contribution in [1.82, 2.24) is 10.6 Å². The van der Waals surface area contributed by atoms with Crippen LogP contribution in [-0.2, 0) is 14.4 Å². The molecule has 0 spiro atoms. The zero-order valence-electron chi connectivity index (χ0n) is 9.16. The van der Waals surface area contributed by atoms with Gasteiger partial charge in [-0.25, -0.2) is 0 Å². The van der Waals surface area contributed by atoms with Gasteiger partial charge in [0.2, 0.25) is 11.8 Å². The van der Waals surface area contributed by atoms with Crippen molar-refractivity contribution in [3.63, 3.8) is 0 Å². The van der Waals surface area contributed by atoms with Gasteiger partial charge in [-0.3, -0.25) is 14.4 Å². The van der Waals surface area contributed by atoms with Crippen LogP contribution in [0.1, 0.15) is 19.8 Å². The van der Waals surface area contributed by atoms with E-state index < -0.39 is 24.5 Å². The topological polar surface area (TPSA) is 122 Å². The second-order valence-electron chi connectivity index (χ2n) is 3.34. The van der Waals surface area contributed by atoms with Crippen LogP contribution in [0.25, 0.3) is 0 Å². The molecule has 16 heavy (non-hydrogen) atoms. The number of amides is 2. The molecule has 2 amide bonds. The fourth-order valence-corrected chi connectivity index (χ4v) is 1.01. The highest BCUT2D eigenvalue weighted by Crippen LogP contribution is 1.93. The van der Waals surface area contributed by atoms with Crippen molar-refractivity contribution >= 4 is 17.8 Å². The van der Waals surface area contributed by atoms with Crippen molar-refractivity contribution in [2.45, 2.75) is 25.8 Å². The third-order valence-corrected chi connectivity index (χ3v) is 1.82. The van der Waals surface area contributed by atoms with Crippen LogP contribution in [0, 0.1) is 0 Å². The number of carboxylic acids is 1. The summed E-state index contributed by atoms with van der Waals surface area (Å²) in [4.78, 5) is 31.9. The van der Waals surface area contributed by atoms with Gasteiger partial charge in [0, 0.05) is 13.5 Å². The molecular formula is C9H17N3O4. The fourth-order valence-electron chi connectivity index (χ4n) is 1.01. The Morgan fingerprint density at radius 1 is 1.31 bits per heavy atom. The molecule has 0 rings (SSSR count). The summed E-state index contributed by atoms with van der Waals surface area (Å²) in [7, 11) is 0. The maximum absolute atomic E-state index is 11.2. The molecule has 7 nitrogen and oxygen atoms in total. The minimum absolute atomic E-state index is 0.135. The van der Waals surface area contributed by atoms with Crippen LogP contribution < -0.4 is 16.4 Å². The molecule has 0 aromatic rings. The molecule has 0 fully saturated rings. The molecule has 0 radical (unpaired) electrons. The maximum Gasteiger partial charge on any atom is 0.322 e. The summed E-state index contributed by atoms with van der Waals surface area (Å²) in [6.07, 6.45) is 0.965. The number of nitrogens with two attached hydrogens (primary N) is 1. The molecule has 0 aromatic carbocycles. The van der Waals surface area contributed by atoms with Crippen LogP contribution in [0.5, 0.6) is 0 Å². The number of carboxylic acid groups (broad SMARTS) is 1. The molecule has 0 heterocycles. The number of carbonyl (C=O) groups is 3. The molecule has 0 unspecified atom stereocenters. The Bertz CT molecular complexity index is 267. The van der Waals surface area contributed by atoms with Gasteiger partial charge in [-0.1, -0.05) is 0 Å². The molecule has 0 bridgehead atoms. The van der Waals surface area contributed by atoms with Crippen molar-refractivity contribution in [3.8, 4) is 0 Å². The Balaban J connectivity index is 3.62. The SMILES string of the molecule is CC(=O)NCCC[C@H](N)C(=O)NCC(=O)O. The average molecular weight is 231 g/mol. The number of nitrogens with one attached hydrogen (secondary N) is 2. The molecule has 0 aromatic heterocycles. The monoisotopic (exact) mass is 231 g/mol. The summed E-state index contributed by atoms with van der Waals surface area (Å²) in [6.45, 7) is 1.42. The summed E-state index contributed by atoms with van der Waals surface area (Å²) >= 11 is 0. The van der Waals surface area contributed by atoms with Crippen LogP contribution in [0.2, 0.25) is 0 Å². The molecule has 0 aliphatic heterocycles. The molecule has 7 heteroatoms. The fraction of sp³-hybridized carbons (Fsp3) is 0.667. The molecule has 92 valence electrons. The van der Waals surface area contributed by atoms with E-state index in [0.29, 0.717) is 19.4 Å². The zero-order valence-corrected chi connectivity index (χ0v) is 9.16. The molecule has 0 saturated carbocycles. The first kappa shape index (κ1) is 14.4. The van der Waals surface area contributed by atoms with Gasteiger partial charge in [0.25, 0.3) is 0 Å². The van der Waals surface area contributed by atoms with Crippen molar-refractivity contribution in [1.29, 1.82) is 0 Å². The van der Waals surface area contributed by atoms with E-state index in [9.17, 15) is 14.4 Å². The first-order valence-corrected chi connectivity index (χ1v) is 4.93. The lowest BCUT2D eigenvalue weighted by molar-refractivity contribution is -0.138. The molecule has 0 aliphatic rings. The third kappa shape index (κ3) is 7.74. The van der Waals surface area contributed by atoms with Crippen molar-refractivity contribution < 1.29 is 19.5 Å². The van der Waals surface area contributed by atoms with Crippen LogP contribution in [0.3, 0.4) is 0 Å². The summed E-state index contributed by atoms with van der Waals surface area (Å²) < 4.78 is 0. The highest BCUT2D eigenvalue weighted by molar-refractivity contribution is 5.84. The van der Waals surface area contributed by atoms with Crippen molar-refractivity contribution in [3.05, 3.63) is 0 Å². The van der Waals surface area contributed by atoms with E-state index in [1.807, 2.05) is 0 Å². The van der Waals surface area contributed by atoms with Crippen molar-refractivity contribution in [2.24, 2.45) is 5.73 Å². The van der Waals surface area contributed by atoms with E-state index in [2.05, 4.69) is 10.6 Å². The minimum atomic E-state index is -1.11. The smallest absolute Gasteiger partial charge is 0.322 e. The lowest BCUT2D eigenvalue weighted by Gasteiger charge is -2.10. The zero-order chi connectivity index (χ0) is 12.6. The van der Waals surface area contributed by atoms with E-state index >= 15 is 0 Å². The Morgan fingerprint density at radius 2 is 1.94 bits per heavy atom. The van der Waals surface area contributed by atoms with Gasteiger partial charge < -0.3 is 21.5 Å². The quantitative estimate of drug-likeness (QED) is 0.394. The van der Waals surface area contributed by atoms with E-state index in [-0.39, 0.29) is 5.91 Å². The average Bonchev–Trinajstić information content (AvgIpc) is 2.20. The van der Waals surface area contributed by atoms with Gasteiger partial charge in [0.15, 0.2) is 0 Å². The lowest BCUT2D eigenvalue weighted by Crippen LogP contribution is -2.42. The summed E-state index contributed by atoms with van der Waals surface area (Å²) in [5, 5.41) is 13.1. The van der Waals surface area contributed by atoms with E-state index in [1.165, 1.54) is 6.92 Å². The Morgan fingerprint density at radius 3 is 2.44 bits per heavy atom. The van der Waals surface area contributed by atoms with Crippen LogP contribution >= 0.6 is 0 Å². The third-order valence-electron chi connectivity index (χ3n) is 1.82. The Hall–Kier alpha value is -1.63. The van der Waals surface area contributed by atoms with Crippen molar-refractivity contribution in [2.75, 3.05) is 13.1 Å². The number of rotatable bonds is 7. The van der Waals surface area contributed by atoms with E-state index in [1.54, 1.807) is 0 Å². The van der Waals surface area contributed by atoms with Gasteiger partial charge in [0.1, 0.15) is 6.54 Å². The van der Waals surface area contributed by atoms with Gasteiger partial charge in [-0.15, -0.1) is 0 Å². The number of hydrogen-bond acceptors (Lipinski definition) is 4. The molecule has 1 atom stereocenters. The van der Waals surface area contributed by atoms with Gasteiger partial charge in [-0.2, -0.15) is 0 Å². The summed E-state index contributed by atoms with van der Waals surface area (Å²) in [5.41, 5.74) is 5.50. The van der Waals surface area contributed by atoms with Crippen LogP contribution in [0.4, 0.5) is 0 Å². The van der Waals surface area contributed by atoms with Gasteiger partial charge in [0.05, 0.1) is 6.04 Å². The highest BCUT2D eigenvalue weighted by Gasteiger charge is 2.13. The molecule has 0 saturated heterocycles. The Labute approximate surface area is 93.4 Å². The largest absolute Gasteiger partial charge is 0.480 e. The van der Waals surface area contributed by atoms with Crippen LogP contribution in [-0.4, -0.2) is 42.0 Å². The minimum Gasteiger partial charge on any atom is -0.480 e. The molecular weight excluding hydrogens is 214 g/mol. The van der Waals surface area contributed by atoms with E-state index in [4.69, 9.17) is 10.8 Å². The number of hydrogen-bond donors (Lipinski definition) is 4. The summed E-state index contributed by atoms with van der Waals surface area (Å²) in [5.74, 6) is -1.74. The second-order valence-corrected chi connectivity index (χ2v) is 3.34. The lowest BCUT2D eigenvalue weighted by atomic mass is 10.1. The maximum atomic E-state index is 11.2. The first-order valence-electron chi connectivity index (χ1n) is 4.93. The highest BCUT2D eigenvalue weighted by atomic mass is 16.4. The second kappa shape index (κ2) is 7.63. The normalized spacial score (nSPS) is 11.6.